The molecule has 0 aliphatic carbocycles. The Morgan fingerprint density at radius 3 is 1.95 bits per heavy atom. The predicted molar refractivity (Wildman–Crippen MR) is 76.1 cm³/mol. The molecule has 0 aromatic heterocycles. The highest BCUT2D eigenvalue weighted by Crippen LogP contribution is 2.29. The van der Waals surface area contributed by atoms with Crippen molar-refractivity contribution in [1.29, 1.82) is 0 Å². The van der Waals surface area contributed by atoms with Crippen molar-refractivity contribution in [2.45, 2.75) is 13.3 Å². The summed E-state index contributed by atoms with van der Waals surface area (Å²) in [4.78, 5) is 34.0. The molecule has 0 aliphatic heterocycles. The van der Waals surface area contributed by atoms with E-state index in [-0.39, 0.29) is 30.5 Å². The highest BCUT2D eigenvalue weighted by molar-refractivity contribution is 5.96. The Bertz CT molecular complexity index is 551. The molecule has 22 heavy (non-hydrogen) atoms. The van der Waals surface area contributed by atoms with Gasteiger partial charge in [0.1, 0.15) is 0 Å². The summed E-state index contributed by atoms with van der Waals surface area (Å²) in [7, 11) is 2.47. The maximum absolute atomic E-state index is 11.7. The van der Waals surface area contributed by atoms with Crippen LogP contribution < -0.4 is 9.47 Å². The lowest BCUT2D eigenvalue weighted by molar-refractivity contribution is -0.144. The fraction of sp³-hybridized carbons (Fsp3) is 0.400. The molecule has 1 aromatic carbocycles. The van der Waals surface area contributed by atoms with Crippen LogP contribution in [0.4, 0.5) is 0 Å². The number of Topliss-reactive ketones (excluding diaryl/α,β-unsaturated/α-hetero) is 1. The van der Waals surface area contributed by atoms with Crippen LogP contribution in [0.15, 0.2) is 18.2 Å². The summed E-state index contributed by atoms with van der Waals surface area (Å²) >= 11 is 0. The van der Waals surface area contributed by atoms with Crippen molar-refractivity contribution in [3.63, 3.8) is 0 Å². The summed E-state index contributed by atoms with van der Waals surface area (Å²) in [6.45, 7) is 1.08. The van der Waals surface area contributed by atoms with Crippen LogP contribution in [0, 0.1) is 0 Å². The molecule has 0 radical (unpaired) electrons. The Balaban J connectivity index is 2.94. The van der Waals surface area contributed by atoms with Gasteiger partial charge in [0.05, 0.1) is 14.2 Å². The van der Waals surface area contributed by atoms with Crippen LogP contribution in [0.5, 0.6) is 11.5 Å². The summed E-state index contributed by atoms with van der Waals surface area (Å²) < 4.78 is 19.5. The zero-order chi connectivity index (χ0) is 16.5. The average Bonchev–Trinajstić information content (AvgIpc) is 2.56. The minimum atomic E-state index is -0.578. The molecular weight excluding hydrogens is 292 g/mol. The first kappa shape index (κ1) is 17.5. The van der Waals surface area contributed by atoms with Crippen molar-refractivity contribution in [3.8, 4) is 11.5 Å². The third kappa shape index (κ3) is 5.08. The van der Waals surface area contributed by atoms with Crippen LogP contribution in [0.3, 0.4) is 0 Å². The molecule has 0 unspecified atom stereocenters. The molecule has 7 nitrogen and oxygen atoms in total. The lowest BCUT2D eigenvalue weighted by atomic mass is 10.1. The first-order chi connectivity index (χ1) is 10.5. The van der Waals surface area contributed by atoms with Crippen LogP contribution >= 0.6 is 0 Å². The first-order valence-corrected chi connectivity index (χ1v) is 6.58. The quantitative estimate of drug-likeness (QED) is 0.529. The van der Waals surface area contributed by atoms with E-state index < -0.39 is 11.9 Å². The van der Waals surface area contributed by atoms with E-state index in [1.165, 1.54) is 26.4 Å². The summed E-state index contributed by atoms with van der Waals surface area (Å²) in [5.74, 6) is -0.822. The fourth-order valence-corrected chi connectivity index (χ4v) is 1.51. The van der Waals surface area contributed by atoms with Crippen LogP contribution in [-0.2, 0) is 19.1 Å². The molecule has 1 aromatic rings. The minimum Gasteiger partial charge on any atom is -0.478 e. The molecule has 0 N–H and O–H groups in total. The minimum absolute atomic E-state index is 0.0811. The number of carbonyl (C=O) groups is 3. The monoisotopic (exact) mass is 310 g/mol. The maximum atomic E-state index is 11.7. The summed E-state index contributed by atoms with van der Waals surface area (Å²) in [6.07, 6.45) is 0.332. The number of hydrogen-bond donors (Lipinski definition) is 0. The van der Waals surface area contributed by atoms with Crippen LogP contribution in [0.25, 0.3) is 0 Å². The molecule has 0 amide bonds. The van der Waals surface area contributed by atoms with Gasteiger partial charge in [-0.05, 0) is 18.2 Å². The molecule has 0 saturated carbocycles. The number of benzene rings is 1. The number of esters is 2. The van der Waals surface area contributed by atoms with Gasteiger partial charge >= 0.3 is 11.9 Å². The Kier molecular flexibility index (Phi) is 6.88. The second-order valence-electron chi connectivity index (χ2n) is 4.17. The van der Waals surface area contributed by atoms with Gasteiger partial charge in [-0.2, -0.15) is 0 Å². The molecule has 0 bridgehead atoms. The van der Waals surface area contributed by atoms with E-state index in [1.807, 2.05) is 0 Å². The van der Waals surface area contributed by atoms with E-state index in [4.69, 9.17) is 9.47 Å². The van der Waals surface area contributed by atoms with Crippen molar-refractivity contribution >= 4 is 17.7 Å². The van der Waals surface area contributed by atoms with Crippen LogP contribution in [0.2, 0.25) is 0 Å². The number of ketones is 1. The smallest absolute Gasteiger partial charge is 0.343 e. The van der Waals surface area contributed by atoms with Gasteiger partial charge in [0.2, 0.25) is 0 Å². The third-order valence-corrected chi connectivity index (χ3v) is 2.73. The largest absolute Gasteiger partial charge is 0.478 e. The SMILES string of the molecule is CCC(=O)c1ccc(OCC(=O)OC)c(OCC(=O)OC)c1. The molecular formula is C15H18O7. The summed E-state index contributed by atoms with van der Waals surface area (Å²) in [6, 6.07) is 4.52. The number of carbonyl (C=O) groups excluding carboxylic acids is 3. The molecule has 0 saturated heterocycles. The molecule has 120 valence electrons. The van der Waals surface area contributed by atoms with Gasteiger partial charge in [0.25, 0.3) is 0 Å². The van der Waals surface area contributed by atoms with Gasteiger partial charge in [-0.25, -0.2) is 9.59 Å². The second-order valence-corrected chi connectivity index (χ2v) is 4.17. The molecule has 0 heterocycles. The molecule has 0 spiro atoms. The van der Waals surface area contributed by atoms with E-state index in [0.29, 0.717) is 12.0 Å². The number of hydrogen-bond acceptors (Lipinski definition) is 7. The van der Waals surface area contributed by atoms with Crippen molar-refractivity contribution in [1.82, 2.24) is 0 Å². The number of methoxy groups -OCH3 is 2. The fourth-order valence-electron chi connectivity index (χ4n) is 1.51. The third-order valence-electron chi connectivity index (χ3n) is 2.73. The van der Waals surface area contributed by atoms with Gasteiger partial charge < -0.3 is 18.9 Å². The molecule has 7 heteroatoms. The highest BCUT2D eigenvalue weighted by atomic mass is 16.6. The Hall–Kier alpha value is -2.57. The van der Waals surface area contributed by atoms with E-state index in [0.717, 1.165) is 0 Å². The Labute approximate surface area is 128 Å². The van der Waals surface area contributed by atoms with E-state index in [1.54, 1.807) is 13.0 Å². The summed E-state index contributed by atoms with van der Waals surface area (Å²) in [5.41, 5.74) is 0.424. The van der Waals surface area contributed by atoms with E-state index in [9.17, 15) is 14.4 Å². The lowest BCUT2D eigenvalue weighted by Gasteiger charge is -2.12. The molecule has 0 aliphatic rings. The van der Waals surface area contributed by atoms with Gasteiger partial charge in [-0.15, -0.1) is 0 Å². The van der Waals surface area contributed by atoms with Crippen LogP contribution in [-0.4, -0.2) is 45.2 Å². The molecule has 0 atom stereocenters. The Morgan fingerprint density at radius 2 is 1.45 bits per heavy atom. The lowest BCUT2D eigenvalue weighted by Crippen LogP contribution is -2.16. The number of ether oxygens (including phenoxy) is 4. The standard InChI is InChI=1S/C15H18O7/c1-4-11(16)10-5-6-12(21-8-14(17)19-2)13(7-10)22-9-15(18)20-3/h5-7H,4,8-9H2,1-3H3. The van der Waals surface area contributed by atoms with Crippen molar-refractivity contribution in [2.24, 2.45) is 0 Å². The highest BCUT2D eigenvalue weighted by Gasteiger charge is 2.13. The van der Waals surface area contributed by atoms with Crippen molar-refractivity contribution in [3.05, 3.63) is 23.8 Å². The zero-order valence-electron chi connectivity index (χ0n) is 12.7. The van der Waals surface area contributed by atoms with E-state index >= 15 is 0 Å². The Morgan fingerprint density at radius 1 is 0.909 bits per heavy atom. The predicted octanol–water partition coefficient (Wildman–Crippen LogP) is 1.38. The topological polar surface area (TPSA) is 88.1 Å². The number of rotatable bonds is 8. The van der Waals surface area contributed by atoms with Gasteiger partial charge in [-0.1, -0.05) is 6.92 Å². The normalized spacial score (nSPS) is 9.77. The van der Waals surface area contributed by atoms with Crippen LogP contribution in [0.1, 0.15) is 23.7 Å². The van der Waals surface area contributed by atoms with E-state index in [2.05, 4.69) is 9.47 Å². The maximum Gasteiger partial charge on any atom is 0.343 e. The first-order valence-electron chi connectivity index (χ1n) is 6.58. The van der Waals surface area contributed by atoms with Crippen molar-refractivity contribution in [2.75, 3.05) is 27.4 Å². The molecule has 1 rings (SSSR count). The average molecular weight is 310 g/mol. The second kappa shape index (κ2) is 8.66. The zero-order valence-corrected chi connectivity index (χ0v) is 12.7. The van der Waals surface area contributed by atoms with Crippen molar-refractivity contribution < 1.29 is 33.3 Å². The van der Waals surface area contributed by atoms with Gasteiger partial charge in [0.15, 0.2) is 30.5 Å². The summed E-state index contributed by atoms with van der Waals surface area (Å²) in [5, 5.41) is 0. The van der Waals surface area contributed by atoms with Gasteiger partial charge in [0, 0.05) is 12.0 Å². The molecule has 0 fully saturated rings. The van der Waals surface area contributed by atoms with Gasteiger partial charge in [-0.3, -0.25) is 4.79 Å².